The monoisotopic (exact) mass is 348 g/mol. The summed E-state index contributed by atoms with van der Waals surface area (Å²) in [5, 5.41) is 13.2. The molecule has 0 N–H and O–H groups in total. The maximum Gasteiger partial charge on any atom is 0.331 e. The third-order valence-corrected chi connectivity index (χ3v) is 4.48. The third kappa shape index (κ3) is 2.86. The summed E-state index contributed by atoms with van der Waals surface area (Å²) in [4.78, 5) is 25.0. The molecule has 0 unspecified atom stereocenters. The predicted octanol–water partition coefficient (Wildman–Crippen LogP) is 2.23. The number of hydrogen-bond acceptors (Lipinski definition) is 5. The van der Waals surface area contributed by atoms with E-state index < -0.39 is 11.2 Å². The van der Waals surface area contributed by atoms with Crippen molar-refractivity contribution < 1.29 is 4.52 Å². The summed E-state index contributed by atoms with van der Waals surface area (Å²) in [5.74, 6) is 0.386. The fourth-order valence-corrected chi connectivity index (χ4v) is 2.86. The molecule has 0 saturated heterocycles. The molecule has 0 aliphatic heterocycles. The summed E-state index contributed by atoms with van der Waals surface area (Å²) in [5.41, 5.74) is 1.58. The molecule has 2 aromatic heterocycles. The van der Waals surface area contributed by atoms with Crippen LogP contribution in [0.1, 0.15) is 35.8 Å². The fraction of sp³-hybridized carbons (Fsp3) is 0.263. The van der Waals surface area contributed by atoms with Crippen LogP contribution in [-0.2, 0) is 6.54 Å². The van der Waals surface area contributed by atoms with Crippen molar-refractivity contribution >= 4 is 0 Å². The van der Waals surface area contributed by atoms with Gasteiger partial charge in [-0.2, -0.15) is 5.26 Å². The van der Waals surface area contributed by atoms with Crippen LogP contribution in [0.2, 0.25) is 0 Å². The van der Waals surface area contributed by atoms with Crippen LogP contribution in [0.5, 0.6) is 0 Å². The van der Waals surface area contributed by atoms with Gasteiger partial charge in [0.15, 0.2) is 5.76 Å². The smallest absolute Gasteiger partial charge is 0.331 e. The second-order valence-electron chi connectivity index (χ2n) is 6.51. The molecule has 1 aromatic carbocycles. The Labute approximate surface area is 148 Å². The summed E-state index contributed by atoms with van der Waals surface area (Å²) >= 11 is 0. The van der Waals surface area contributed by atoms with Crippen molar-refractivity contribution in [2.45, 2.75) is 32.4 Å². The van der Waals surface area contributed by atoms with Crippen molar-refractivity contribution in [1.29, 1.82) is 5.26 Å². The van der Waals surface area contributed by atoms with E-state index in [0.717, 1.165) is 28.5 Å². The molecule has 130 valence electrons. The lowest BCUT2D eigenvalue weighted by molar-refractivity contribution is 0.372. The first-order valence-electron chi connectivity index (χ1n) is 8.35. The highest BCUT2D eigenvalue weighted by atomic mass is 16.5. The quantitative estimate of drug-likeness (QED) is 0.721. The molecule has 0 radical (unpaired) electrons. The lowest BCUT2D eigenvalue weighted by atomic mass is 10.1. The zero-order chi connectivity index (χ0) is 18.3. The van der Waals surface area contributed by atoms with Crippen LogP contribution in [0.4, 0.5) is 0 Å². The van der Waals surface area contributed by atoms with E-state index in [0.29, 0.717) is 11.5 Å². The van der Waals surface area contributed by atoms with Crippen molar-refractivity contribution in [2.24, 2.45) is 0 Å². The first-order valence-corrected chi connectivity index (χ1v) is 8.35. The SMILES string of the molecule is Cc1ccc(-c2cc(Cn3c(=O)c(C#N)cn(C4CC4)c3=O)on2)cc1. The van der Waals surface area contributed by atoms with Gasteiger partial charge in [0.05, 0.1) is 6.54 Å². The molecule has 7 heteroatoms. The number of rotatable bonds is 4. The summed E-state index contributed by atoms with van der Waals surface area (Å²) in [6, 6.07) is 11.4. The van der Waals surface area contributed by atoms with Gasteiger partial charge in [-0.25, -0.2) is 4.79 Å². The van der Waals surface area contributed by atoms with Gasteiger partial charge in [0.2, 0.25) is 0 Å². The van der Waals surface area contributed by atoms with E-state index in [1.807, 2.05) is 37.3 Å². The van der Waals surface area contributed by atoms with Gasteiger partial charge in [-0.1, -0.05) is 35.0 Å². The van der Waals surface area contributed by atoms with Crippen LogP contribution in [0.25, 0.3) is 11.3 Å². The van der Waals surface area contributed by atoms with Crippen molar-refractivity contribution in [3.05, 3.63) is 74.3 Å². The molecule has 1 aliphatic rings. The lowest BCUT2D eigenvalue weighted by Gasteiger charge is -2.08. The zero-order valence-electron chi connectivity index (χ0n) is 14.2. The molecule has 0 bridgehead atoms. The normalized spacial score (nSPS) is 13.5. The summed E-state index contributed by atoms with van der Waals surface area (Å²) in [6.45, 7) is 1.94. The van der Waals surface area contributed by atoms with Gasteiger partial charge in [-0.15, -0.1) is 0 Å². The minimum absolute atomic E-state index is 0.0465. The van der Waals surface area contributed by atoms with Crippen LogP contribution >= 0.6 is 0 Å². The van der Waals surface area contributed by atoms with Crippen molar-refractivity contribution in [2.75, 3.05) is 0 Å². The van der Waals surface area contributed by atoms with Crippen LogP contribution in [0.15, 0.2) is 50.6 Å². The van der Waals surface area contributed by atoms with Gasteiger partial charge in [0.1, 0.15) is 17.3 Å². The largest absolute Gasteiger partial charge is 0.359 e. The number of aromatic nitrogens is 3. The number of hydrogen-bond donors (Lipinski definition) is 0. The fourth-order valence-electron chi connectivity index (χ4n) is 2.86. The Kier molecular flexibility index (Phi) is 3.81. The van der Waals surface area contributed by atoms with Crippen LogP contribution in [0.3, 0.4) is 0 Å². The van der Waals surface area contributed by atoms with E-state index >= 15 is 0 Å². The Balaban J connectivity index is 1.71. The predicted molar refractivity (Wildman–Crippen MR) is 93.7 cm³/mol. The molecule has 7 nitrogen and oxygen atoms in total. The Bertz CT molecular complexity index is 1130. The minimum atomic E-state index is -0.609. The van der Waals surface area contributed by atoms with E-state index in [9.17, 15) is 14.9 Å². The molecule has 0 spiro atoms. The lowest BCUT2D eigenvalue weighted by Crippen LogP contribution is -2.40. The number of nitrogens with zero attached hydrogens (tertiary/aromatic N) is 4. The minimum Gasteiger partial charge on any atom is -0.359 e. The Morgan fingerprint density at radius 2 is 2.00 bits per heavy atom. The van der Waals surface area contributed by atoms with Crippen molar-refractivity contribution in [3.8, 4) is 17.3 Å². The highest BCUT2D eigenvalue weighted by Crippen LogP contribution is 2.33. The maximum absolute atomic E-state index is 12.6. The molecule has 1 saturated carbocycles. The van der Waals surface area contributed by atoms with E-state index in [1.165, 1.54) is 10.8 Å². The highest BCUT2D eigenvalue weighted by Gasteiger charge is 2.27. The Hall–Kier alpha value is -3.40. The van der Waals surface area contributed by atoms with Gasteiger partial charge in [-0.3, -0.25) is 13.9 Å². The molecule has 2 heterocycles. The molecule has 0 amide bonds. The second-order valence-corrected chi connectivity index (χ2v) is 6.51. The topological polar surface area (TPSA) is 93.8 Å². The van der Waals surface area contributed by atoms with Gasteiger partial charge in [0, 0.05) is 23.9 Å². The van der Waals surface area contributed by atoms with E-state index in [2.05, 4.69) is 5.16 Å². The van der Waals surface area contributed by atoms with Crippen LogP contribution in [-0.4, -0.2) is 14.3 Å². The molecule has 0 atom stereocenters. The van der Waals surface area contributed by atoms with E-state index in [1.54, 1.807) is 6.07 Å². The average Bonchev–Trinajstić information content (AvgIpc) is 3.37. The summed E-state index contributed by atoms with van der Waals surface area (Å²) in [7, 11) is 0. The Morgan fingerprint density at radius 3 is 2.65 bits per heavy atom. The van der Waals surface area contributed by atoms with E-state index in [4.69, 9.17) is 4.52 Å². The molecule has 4 rings (SSSR count). The number of nitriles is 1. The molecule has 1 aliphatic carbocycles. The van der Waals surface area contributed by atoms with E-state index in [-0.39, 0.29) is 18.2 Å². The van der Waals surface area contributed by atoms with Gasteiger partial charge in [0.25, 0.3) is 5.56 Å². The zero-order valence-corrected chi connectivity index (χ0v) is 14.2. The highest BCUT2D eigenvalue weighted by molar-refractivity contribution is 5.59. The summed E-state index contributed by atoms with van der Waals surface area (Å²) < 4.78 is 7.82. The summed E-state index contributed by atoms with van der Waals surface area (Å²) in [6.07, 6.45) is 3.11. The average molecular weight is 348 g/mol. The van der Waals surface area contributed by atoms with Crippen molar-refractivity contribution in [1.82, 2.24) is 14.3 Å². The number of aryl methyl sites for hydroxylation is 1. The molecule has 26 heavy (non-hydrogen) atoms. The Morgan fingerprint density at radius 1 is 1.27 bits per heavy atom. The maximum atomic E-state index is 12.6. The first-order chi connectivity index (χ1) is 12.6. The van der Waals surface area contributed by atoms with Gasteiger partial charge < -0.3 is 4.52 Å². The second kappa shape index (κ2) is 6.15. The molecule has 3 aromatic rings. The standard InChI is InChI=1S/C19H16N4O3/c1-12-2-4-13(5-3-12)17-8-16(26-21-17)11-23-18(24)14(9-20)10-22(19(23)25)15-6-7-15/h2-5,8,10,15H,6-7,11H2,1H3. The molecular formula is C19H16N4O3. The number of benzene rings is 1. The molecular weight excluding hydrogens is 332 g/mol. The van der Waals surface area contributed by atoms with Crippen molar-refractivity contribution in [3.63, 3.8) is 0 Å². The molecule has 1 fully saturated rings. The van der Waals surface area contributed by atoms with Crippen LogP contribution < -0.4 is 11.2 Å². The first kappa shape index (κ1) is 16.1. The third-order valence-electron chi connectivity index (χ3n) is 4.48. The van der Waals surface area contributed by atoms with Gasteiger partial charge in [-0.05, 0) is 19.8 Å². The van der Waals surface area contributed by atoms with Crippen LogP contribution in [0, 0.1) is 18.3 Å². The van der Waals surface area contributed by atoms with Gasteiger partial charge >= 0.3 is 5.69 Å².